The zero-order valence-electron chi connectivity index (χ0n) is 17.9. The fourth-order valence-electron chi connectivity index (χ4n) is 2.63. The van der Waals surface area contributed by atoms with E-state index < -0.39 is 28.0 Å². The van der Waals surface area contributed by atoms with Crippen molar-refractivity contribution in [2.75, 3.05) is 12.4 Å². The van der Waals surface area contributed by atoms with Crippen molar-refractivity contribution in [3.05, 3.63) is 52.5 Å². The van der Waals surface area contributed by atoms with Crippen molar-refractivity contribution in [3.8, 4) is 5.75 Å². The van der Waals surface area contributed by atoms with Crippen LogP contribution in [0.1, 0.15) is 36.7 Å². The maximum Gasteiger partial charge on any atom is 0.338 e. The second-order valence-corrected chi connectivity index (χ2v) is 9.26. The van der Waals surface area contributed by atoms with Gasteiger partial charge in [-0.05, 0) is 63.6 Å². The Kier molecular flexibility index (Phi) is 8.05. The first-order valence-electron chi connectivity index (χ1n) is 9.43. The minimum atomic E-state index is -3.93. The average molecular weight is 469 g/mol. The lowest BCUT2D eigenvalue weighted by Gasteiger charge is -2.16. The Bertz CT molecular complexity index is 1090. The molecule has 1 atom stereocenters. The second kappa shape index (κ2) is 10.1. The molecule has 0 saturated carbocycles. The van der Waals surface area contributed by atoms with Crippen LogP contribution in [0.15, 0.2) is 41.3 Å². The summed E-state index contributed by atoms with van der Waals surface area (Å²) in [5.41, 5.74) is 1.25. The van der Waals surface area contributed by atoms with Gasteiger partial charge in [-0.15, -0.1) is 0 Å². The van der Waals surface area contributed by atoms with E-state index in [9.17, 15) is 18.0 Å². The van der Waals surface area contributed by atoms with Crippen LogP contribution in [0.2, 0.25) is 5.02 Å². The van der Waals surface area contributed by atoms with Crippen molar-refractivity contribution in [1.29, 1.82) is 0 Å². The number of nitrogens with one attached hydrogen (secondary N) is 2. The molecule has 0 fully saturated rings. The number of carbonyl (C=O) groups is 2. The number of hydrogen-bond acceptors (Lipinski definition) is 6. The summed E-state index contributed by atoms with van der Waals surface area (Å²) in [7, 11) is -2.60. The van der Waals surface area contributed by atoms with Gasteiger partial charge in [-0.1, -0.05) is 17.7 Å². The van der Waals surface area contributed by atoms with Crippen LogP contribution in [0, 0.1) is 6.92 Å². The topological polar surface area (TPSA) is 111 Å². The first-order chi connectivity index (χ1) is 14.4. The number of carbonyl (C=O) groups excluding carboxylic acids is 2. The number of rotatable bonds is 8. The van der Waals surface area contributed by atoms with E-state index in [1.54, 1.807) is 39.0 Å². The van der Waals surface area contributed by atoms with E-state index in [4.69, 9.17) is 21.1 Å². The molecule has 10 heteroatoms. The summed E-state index contributed by atoms with van der Waals surface area (Å²) in [6.07, 6.45) is -1.14. The molecular formula is C21H25ClN2O6S. The van der Waals surface area contributed by atoms with Gasteiger partial charge in [-0.3, -0.25) is 4.79 Å². The van der Waals surface area contributed by atoms with Gasteiger partial charge in [0.05, 0.1) is 12.7 Å². The summed E-state index contributed by atoms with van der Waals surface area (Å²) in [6, 6.07) is 8.54. The Morgan fingerprint density at radius 3 is 2.35 bits per heavy atom. The molecule has 0 aliphatic carbocycles. The number of anilines is 1. The SMILES string of the molecule is COc1ccc(C(=O)OC(C)C(=O)Nc2cc(Cl)ccc2C)cc1S(=O)(=O)NC(C)C. The van der Waals surface area contributed by atoms with Crippen LogP contribution in [0.4, 0.5) is 5.69 Å². The molecule has 0 spiro atoms. The predicted molar refractivity (Wildman–Crippen MR) is 118 cm³/mol. The Labute approximate surface area is 186 Å². The number of benzene rings is 2. The smallest absolute Gasteiger partial charge is 0.338 e. The zero-order chi connectivity index (χ0) is 23.3. The highest BCUT2D eigenvalue weighted by Crippen LogP contribution is 2.26. The second-order valence-electron chi connectivity index (χ2n) is 7.14. The predicted octanol–water partition coefficient (Wildman–Crippen LogP) is 3.53. The summed E-state index contributed by atoms with van der Waals surface area (Å²) in [5, 5.41) is 3.11. The molecule has 31 heavy (non-hydrogen) atoms. The number of ether oxygens (including phenoxy) is 2. The van der Waals surface area contributed by atoms with Crippen LogP contribution in [0.3, 0.4) is 0 Å². The van der Waals surface area contributed by atoms with Gasteiger partial charge in [-0.2, -0.15) is 0 Å². The normalized spacial score (nSPS) is 12.4. The lowest BCUT2D eigenvalue weighted by molar-refractivity contribution is -0.123. The van der Waals surface area contributed by atoms with Crippen molar-refractivity contribution in [2.24, 2.45) is 0 Å². The van der Waals surface area contributed by atoms with Crippen LogP contribution in [-0.4, -0.2) is 39.5 Å². The molecule has 2 aromatic carbocycles. The Hall–Kier alpha value is -2.62. The number of sulfonamides is 1. The lowest BCUT2D eigenvalue weighted by Crippen LogP contribution is -2.31. The van der Waals surface area contributed by atoms with Crippen molar-refractivity contribution < 1.29 is 27.5 Å². The minimum absolute atomic E-state index is 0.0384. The lowest BCUT2D eigenvalue weighted by atomic mass is 10.2. The highest BCUT2D eigenvalue weighted by Gasteiger charge is 2.25. The number of methoxy groups -OCH3 is 1. The van der Waals surface area contributed by atoms with E-state index in [1.165, 1.54) is 26.2 Å². The fraction of sp³-hybridized carbons (Fsp3) is 0.333. The van der Waals surface area contributed by atoms with Crippen molar-refractivity contribution in [1.82, 2.24) is 4.72 Å². The van der Waals surface area contributed by atoms with Gasteiger partial charge < -0.3 is 14.8 Å². The van der Waals surface area contributed by atoms with Crippen LogP contribution >= 0.6 is 11.6 Å². The first-order valence-corrected chi connectivity index (χ1v) is 11.3. The molecule has 168 valence electrons. The summed E-state index contributed by atoms with van der Waals surface area (Å²) in [5.74, 6) is -1.33. The molecule has 8 nitrogen and oxygen atoms in total. The molecular weight excluding hydrogens is 444 g/mol. The zero-order valence-corrected chi connectivity index (χ0v) is 19.4. The highest BCUT2D eigenvalue weighted by molar-refractivity contribution is 7.89. The Morgan fingerprint density at radius 1 is 1.06 bits per heavy atom. The van der Waals surface area contributed by atoms with Crippen molar-refractivity contribution in [3.63, 3.8) is 0 Å². The van der Waals surface area contributed by atoms with Gasteiger partial charge in [0.25, 0.3) is 5.91 Å². The molecule has 0 bridgehead atoms. The largest absolute Gasteiger partial charge is 0.495 e. The van der Waals surface area contributed by atoms with Crippen molar-refractivity contribution >= 4 is 39.2 Å². The molecule has 0 aliphatic rings. The molecule has 2 rings (SSSR count). The summed E-state index contributed by atoms with van der Waals surface area (Å²) >= 11 is 5.95. The van der Waals surface area contributed by atoms with E-state index in [2.05, 4.69) is 10.0 Å². The van der Waals surface area contributed by atoms with Crippen LogP contribution in [-0.2, 0) is 19.6 Å². The first kappa shape index (κ1) is 24.6. The van der Waals surface area contributed by atoms with Crippen LogP contribution < -0.4 is 14.8 Å². The molecule has 0 aliphatic heterocycles. The van der Waals surface area contributed by atoms with E-state index in [-0.39, 0.29) is 22.3 Å². The van der Waals surface area contributed by atoms with E-state index >= 15 is 0 Å². The maximum absolute atomic E-state index is 12.6. The van der Waals surface area contributed by atoms with Gasteiger partial charge in [0.15, 0.2) is 6.10 Å². The quantitative estimate of drug-likeness (QED) is 0.573. The third kappa shape index (κ3) is 6.43. The Balaban J connectivity index is 2.20. The van der Waals surface area contributed by atoms with Gasteiger partial charge in [0.1, 0.15) is 10.6 Å². The number of aryl methyl sites for hydroxylation is 1. The van der Waals surface area contributed by atoms with Gasteiger partial charge in [0, 0.05) is 16.8 Å². The van der Waals surface area contributed by atoms with Crippen LogP contribution in [0.5, 0.6) is 5.75 Å². The number of halogens is 1. The average Bonchev–Trinajstić information content (AvgIpc) is 2.69. The minimum Gasteiger partial charge on any atom is -0.495 e. The molecule has 0 saturated heterocycles. The van der Waals surface area contributed by atoms with Gasteiger partial charge >= 0.3 is 5.97 Å². The van der Waals surface area contributed by atoms with E-state index in [0.29, 0.717) is 10.7 Å². The third-order valence-corrected chi connectivity index (χ3v) is 6.11. The third-order valence-electron chi connectivity index (χ3n) is 4.19. The molecule has 0 heterocycles. The molecule has 2 N–H and O–H groups in total. The molecule has 2 aromatic rings. The molecule has 1 unspecified atom stereocenters. The number of hydrogen-bond donors (Lipinski definition) is 2. The van der Waals surface area contributed by atoms with Gasteiger partial charge in [0.2, 0.25) is 10.0 Å². The monoisotopic (exact) mass is 468 g/mol. The summed E-state index contributed by atoms with van der Waals surface area (Å²) in [4.78, 5) is 24.8. The van der Waals surface area contributed by atoms with E-state index in [0.717, 1.165) is 11.6 Å². The number of amides is 1. The van der Waals surface area contributed by atoms with Gasteiger partial charge in [-0.25, -0.2) is 17.9 Å². The Morgan fingerprint density at radius 2 is 1.74 bits per heavy atom. The standard InChI is InChI=1S/C21H25ClN2O6S/c1-12(2)24-31(27,28)19-10-15(7-9-18(19)29-5)21(26)30-14(4)20(25)23-17-11-16(22)8-6-13(17)3/h6-12,14,24H,1-5H3,(H,23,25). The maximum atomic E-state index is 12.6. The van der Waals surface area contributed by atoms with Crippen LogP contribution in [0.25, 0.3) is 0 Å². The fourth-order valence-corrected chi connectivity index (χ4v) is 4.25. The molecule has 0 aromatic heterocycles. The summed E-state index contributed by atoms with van der Waals surface area (Å²) in [6.45, 7) is 6.55. The molecule has 1 amide bonds. The highest BCUT2D eigenvalue weighted by atomic mass is 35.5. The van der Waals surface area contributed by atoms with Crippen molar-refractivity contribution in [2.45, 2.75) is 44.7 Å². The number of esters is 1. The van der Waals surface area contributed by atoms with E-state index in [1.807, 2.05) is 0 Å². The summed E-state index contributed by atoms with van der Waals surface area (Å²) < 4.78 is 37.9. The molecule has 0 radical (unpaired) electrons.